The van der Waals surface area contributed by atoms with Gasteiger partial charge in [0.1, 0.15) is 0 Å². The minimum absolute atomic E-state index is 0.00815. The monoisotopic (exact) mass is 340 g/mol. The van der Waals surface area contributed by atoms with Gasteiger partial charge in [-0.15, -0.1) is 0 Å². The van der Waals surface area contributed by atoms with Crippen LogP contribution in [0.25, 0.3) is 0 Å². The molecule has 0 fully saturated rings. The molecule has 0 radical (unpaired) electrons. The van der Waals surface area contributed by atoms with Crippen molar-refractivity contribution < 1.29 is 4.79 Å². The van der Waals surface area contributed by atoms with Gasteiger partial charge in [0.25, 0.3) is 0 Å². The number of hydrogen-bond acceptors (Lipinski definition) is 1. The van der Waals surface area contributed by atoms with Crippen LogP contribution in [0.1, 0.15) is 0 Å². The predicted octanol–water partition coefficient (Wildman–Crippen LogP) is 1.67. The van der Waals surface area contributed by atoms with E-state index in [0.717, 1.165) is 0 Å². The van der Waals surface area contributed by atoms with Crippen LogP contribution in [0.15, 0.2) is 0 Å². The Morgan fingerprint density at radius 2 is 1.50 bits per heavy atom. The summed E-state index contributed by atoms with van der Waals surface area (Å²) in [7, 11) is 3.41. The van der Waals surface area contributed by atoms with Gasteiger partial charge < -0.3 is 0 Å². The number of halogens is 2. The predicted molar refractivity (Wildman–Crippen MR) is 49.0 cm³/mol. The number of carbonyl (C=O) groups is 1. The minimum Gasteiger partial charge on any atom is -0.269 e. The van der Waals surface area contributed by atoms with Gasteiger partial charge in [-0.25, -0.2) is 4.79 Å². The molecule has 0 atom stereocenters. The topological polar surface area (TPSA) is 23.6 Å². The van der Waals surface area contributed by atoms with Crippen LogP contribution in [0.4, 0.5) is 4.79 Å². The van der Waals surface area contributed by atoms with Crippen LogP contribution >= 0.6 is 45.7 Å². The van der Waals surface area contributed by atoms with Gasteiger partial charge in [-0.3, -0.25) is 6.23 Å². The van der Waals surface area contributed by atoms with E-state index in [-0.39, 0.29) is 6.03 Å². The van der Waals surface area contributed by atoms with Crippen molar-refractivity contribution in [3.05, 3.63) is 0 Å². The van der Waals surface area contributed by atoms with Gasteiger partial charge in [0.15, 0.2) is 0 Å². The van der Waals surface area contributed by atoms with Crippen LogP contribution in [0.5, 0.6) is 0 Å². The molecule has 0 aliphatic rings. The van der Waals surface area contributed by atoms with Crippen LogP contribution < -0.4 is 0 Å². The van der Waals surface area contributed by atoms with Crippen molar-refractivity contribution in [1.82, 2.24) is 6.23 Å². The van der Waals surface area contributed by atoms with E-state index in [2.05, 4.69) is 0 Å². The fourth-order valence-corrected chi connectivity index (χ4v) is 1.25. The smallest absolute Gasteiger partial charge is 0.269 e. The Bertz CT molecular complexity index is 83.3. The molecule has 0 saturated heterocycles. The SMILES string of the molecule is CN(I)C(=O)N(C)I. The molecule has 0 rings (SSSR count). The number of carbonyl (C=O) groups excluding carboxylic acids is 1. The van der Waals surface area contributed by atoms with E-state index in [9.17, 15) is 4.79 Å². The Balaban J connectivity index is 3.65. The van der Waals surface area contributed by atoms with E-state index >= 15 is 0 Å². The quantitative estimate of drug-likeness (QED) is 0.486. The van der Waals surface area contributed by atoms with Gasteiger partial charge in [0, 0.05) is 14.1 Å². The zero-order valence-electron chi connectivity index (χ0n) is 4.56. The highest BCUT2D eigenvalue weighted by atomic mass is 127. The van der Waals surface area contributed by atoms with Crippen molar-refractivity contribution in [2.75, 3.05) is 14.1 Å². The third kappa shape index (κ3) is 2.90. The number of rotatable bonds is 0. The summed E-state index contributed by atoms with van der Waals surface area (Å²) in [6.45, 7) is 0. The Hall–Kier alpha value is 0.730. The van der Waals surface area contributed by atoms with Crippen molar-refractivity contribution in [3.63, 3.8) is 0 Å². The van der Waals surface area contributed by atoms with Crippen molar-refractivity contribution in [3.8, 4) is 0 Å². The molecule has 0 aromatic carbocycles. The molecule has 0 N–H and O–H groups in total. The number of amides is 2. The molecule has 0 heterocycles. The van der Waals surface area contributed by atoms with Crippen molar-refractivity contribution in [1.29, 1.82) is 0 Å². The second-order valence-corrected chi connectivity index (χ2v) is 4.13. The number of urea groups is 1. The maximum Gasteiger partial charge on any atom is 0.337 e. The van der Waals surface area contributed by atoms with Crippen molar-refractivity contribution in [2.45, 2.75) is 0 Å². The molecule has 0 saturated carbocycles. The zero-order valence-corrected chi connectivity index (χ0v) is 8.87. The van der Waals surface area contributed by atoms with Crippen LogP contribution in [0.2, 0.25) is 0 Å². The molecule has 48 valence electrons. The zero-order chi connectivity index (χ0) is 6.73. The van der Waals surface area contributed by atoms with E-state index in [1.54, 1.807) is 14.1 Å². The van der Waals surface area contributed by atoms with E-state index in [4.69, 9.17) is 0 Å². The number of hydrogen-bond donors (Lipinski definition) is 0. The first-order valence-corrected chi connectivity index (χ1v) is 3.81. The van der Waals surface area contributed by atoms with Gasteiger partial charge in [-0.05, 0) is 0 Å². The average Bonchev–Trinajstić information content (AvgIpc) is 1.64. The average molecular weight is 340 g/mol. The standard InChI is InChI=1S/C3H6I2N2O/c1-6(4)3(8)7(2)5/h1-2H3. The molecular weight excluding hydrogens is 334 g/mol. The molecule has 8 heavy (non-hydrogen) atoms. The number of nitrogens with zero attached hydrogens (tertiary/aromatic N) is 2. The normalized spacial score (nSPS) is 8.50. The van der Waals surface area contributed by atoms with Crippen LogP contribution in [-0.2, 0) is 0 Å². The molecule has 3 nitrogen and oxygen atoms in total. The van der Waals surface area contributed by atoms with Gasteiger partial charge in [0.05, 0.1) is 45.7 Å². The first-order chi connectivity index (χ1) is 3.55. The Morgan fingerprint density at radius 3 is 1.50 bits per heavy atom. The molecule has 2 amide bonds. The fraction of sp³-hybridized carbons (Fsp3) is 0.667. The van der Waals surface area contributed by atoms with E-state index in [0.29, 0.717) is 0 Å². The summed E-state index contributed by atoms with van der Waals surface area (Å²) < 4.78 is 2.98. The molecule has 0 aromatic heterocycles. The Morgan fingerprint density at radius 1 is 1.25 bits per heavy atom. The summed E-state index contributed by atoms with van der Waals surface area (Å²) in [5.74, 6) is 0. The lowest BCUT2D eigenvalue weighted by Crippen LogP contribution is -2.25. The Kier molecular flexibility index (Phi) is 4.04. The highest BCUT2D eigenvalue weighted by Crippen LogP contribution is 2.03. The van der Waals surface area contributed by atoms with Gasteiger partial charge in [0.2, 0.25) is 0 Å². The van der Waals surface area contributed by atoms with E-state index < -0.39 is 0 Å². The van der Waals surface area contributed by atoms with Crippen LogP contribution in [-0.4, -0.2) is 26.4 Å². The maximum absolute atomic E-state index is 10.7. The van der Waals surface area contributed by atoms with E-state index in [1.165, 1.54) is 6.23 Å². The van der Waals surface area contributed by atoms with Crippen molar-refractivity contribution in [2.24, 2.45) is 0 Å². The molecular formula is C3H6I2N2O. The molecule has 0 bridgehead atoms. The summed E-state index contributed by atoms with van der Waals surface area (Å²) in [6, 6.07) is -0.00815. The molecule has 0 aromatic rings. The Labute approximate surface area is 76.4 Å². The third-order valence-corrected chi connectivity index (χ3v) is 1.35. The highest BCUT2D eigenvalue weighted by Gasteiger charge is 2.06. The lowest BCUT2D eigenvalue weighted by molar-refractivity contribution is 0.225. The molecule has 0 spiro atoms. The van der Waals surface area contributed by atoms with Crippen molar-refractivity contribution >= 4 is 51.8 Å². The molecule has 0 aliphatic heterocycles. The summed E-state index contributed by atoms with van der Waals surface area (Å²) in [5, 5.41) is 0. The van der Waals surface area contributed by atoms with Crippen LogP contribution in [0.3, 0.4) is 0 Å². The summed E-state index contributed by atoms with van der Waals surface area (Å²) in [4.78, 5) is 10.7. The van der Waals surface area contributed by atoms with Gasteiger partial charge in [-0.1, -0.05) is 0 Å². The largest absolute Gasteiger partial charge is 0.337 e. The minimum atomic E-state index is -0.00815. The second kappa shape index (κ2) is 3.70. The summed E-state index contributed by atoms with van der Waals surface area (Å²) >= 11 is 3.84. The van der Waals surface area contributed by atoms with Crippen LogP contribution in [0, 0.1) is 0 Å². The lowest BCUT2D eigenvalue weighted by Gasteiger charge is -2.11. The molecule has 0 aliphatic carbocycles. The lowest BCUT2D eigenvalue weighted by atomic mass is 11.0. The van der Waals surface area contributed by atoms with Gasteiger partial charge >= 0.3 is 6.03 Å². The van der Waals surface area contributed by atoms with E-state index in [1.807, 2.05) is 45.7 Å². The van der Waals surface area contributed by atoms with Gasteiger partial charge in [-0.2, -0.15) is 0 Å². The first-order valence-electron chi connectivity index (χ1n) is 1.88. The molecule has 5 heteroatoms. The first kappa shape index (κ1) is 8.73. The summed E-state index contributed by atoms with van der Waals surface area (Å²) in [6.07, 6.45) is 0. The maximum atomic E-state index is 10.7. The molecule has 0 unspecified atom stereocenters. The third-order valence-electron chi connectivity index (χ3n) is 0.527. The summed E-state index contributed by atoms with van der Waals surface area (Å²) in [5.41, 5.74) is 0. The fourth-order valence-electron chi connectivity index (χ4n) is 0.190. The highest BCUT2D eigenvalue weighted by molar-refractivity contribution is 14.1. The second-order valence-electron chi connectivity index (χ2n) is 1.24.